The predicted octanol–water partition coefficient (Wildman–Crippen LogP) is 4.33. The summed E-state index contributed by atoms with van der Waals surface area (Å²) in [5.41, 5.74) is 0.249. The smallest absolute Gasteiger partial charge is 0.408 e. The summed E-state index contributed by atoms with van der Waals surface area (Å²) in [6.45, 7) is 9.47. The summed E-state index contributed by atoms with van der Waals surface area (Å²) in [7, 11) is 6.35. The predicted molar refractivity (Wildman–Crippen MR) is 237 cm³/mol. The number of methoxy groups -OCH3 is 5. The van der Waals surface area contributed by atoms with E-state index in [2.05, 4.69) is 25.4 Å². The maximum Gasteiger partial charge on any atom is 0.408 e. The molecule has 67 heavy (non-hydrogen) atoms. The highest BCUT2D eigenvalue weighted by molar-refractivity contribution is 5.94. The van der Waals surface area contributed by atoms with E-state index >= 15 is 0 Å². The van der Waals surface area contributed by atoms with Gasteiger partial charge in [-0.05, 0) is 94.6 Å². The Balaban J connectivity index is 0.000000478. The highest BCUT2D eigenvalue weighted by atomic mass is 16.6. The highest BCUT2D eigenvalue weighted by Crippen LogP contribution is 2.24. The summed E-state index contributed by atoms with van der Waals surface area (Å²) in [6, 6.07) is 13.7. The van der Waals surface area contributed by atoms with Crippen molar-refractivity contribution >= 4 is 47.9 Å². The number of amides is 3. The minimum absolute atomic E-state index is 0.00434. The molecular weight excluding hydrogens is 883 g/mol. The highest BCUT2D eigenvalue weighted by Gasteiger charge is 2.28. The Kier molecular flexibility index (Phi) is 21.9. The minimum Gasteiger partial charge on any atom is -0.497 e. The Morgan fingerprint density at radius 1 is 0.552 bits per heavy atom. The maximum atomic E-state index is 13.1. The number of nitrogens with one attached hydrogen (secondary N) is 3. The van der Waals surface area contributed by atoms with Crippen LogP contribution in [0.2, 0.25) is 0 Å². The van der Waals surface area contributed by atoms with Crippen molar-refractivity contribution < 1.29 is 86.1 Å². The number of rotatable bonds is 19. The van der Waals surface area contributed by atoms with E-state index in [1.807, 2.05) is 12.1 Å². The number of benzene rings is 3. The zero-order valence-corrected chi connectivity index (χ0v) is 39.4. The van der Waals surface area contributed by atoms with E-state index in [-0.39, 0.29) is 42.0 Å². The van der Waals surface area contributed by atoms with Crippen LogP contribution in [0.15, 0.2) is 60.7 Å². The van der Waals surface area contributed by atoms with Gasteiger partial charge in [-0.25, -0.2) is 33.6 Å². The lowest BCUT2D eigenvalue weighted by Gasteiger charge is -2.23. The molecule has 3 amide bonds. The second-order valence-electron chi connectivity index (χ2n) is 16.1. The van der Waals surface area contributed by atoms with Crippen molar-refractivity contribution in [2.75, 3.05) is 48.8 Å². The molecule has 0 spiro atoms. The third-order valence-electron chi connectivity index (χ3n) is 8.55. The van der Waals surface area contributed by atoms with E-state index in [0.29, 0.717) is 16.9 Å². The second-order valence-corrected chi connectivity index (χ2v) is 16.1. The molecule has 0 saturated heterocycles. The number of carbonyl (C=O) groups is 8. The van der Waals surface area contributed by atoms with Crippen LogP contribution < -0.4 is 30.2 Å². The third-order valence-corrected chi connectivity index (χ3v) is 8.55. The van der Waals surface area contributed by atoms with Crippen molar-refractivity contribution in [3.05, 3.63) is 88.5 Å². The molecule has 0 heterocycles. The van der Waals surface area contributed by atoms with Crippen LogP contribution in [0.1, 0.15) is 78.9 Å². The number of ether oxygens (including phenoxy) is 9. The fraction of sp³-hybridized carbons (Fsp3) is 0.435. The molecule has 366 valence electrons. The number of carbonyl (C=O) groups excluding carboxylic acids is 7. The van der Waals surface area contributed by atoms with Gasteiger partial charge in [0.2, 0.25) is 5.91 Å². The SMILES string of the molecule is COC(=O)COc1ccc(C[C@H](NC(=O)OC(C)(C)C)C(=O)NCc2ccc(OC)cc2)cc1C(=O)OC.COC(=O)COc1ccc(C[C@H](NC(=O)OC(C)(C)C)C(=O)O)cc1C(=O)OC. The molecule has 3 aromatic carbocycles. The molecule has 0 bridgehead atoms. The monoisotopic (exact) mass is 941 g/mol. The summed E-state index contributed by atoms with van der Waals surface area (Å²) in [5.74, 6) is -3.59. The van der Waals surface area contributed by atoms with Crippen LogP contribution in [0.5, 0.6) is 17.2 Å². The molecule has 0 unspecified atom stereocenters. The van der Waals surface area contributed by atoms with Crippen molar-refractivity contribution in [1.82, 2.24) is 16.0 Å². The molecule has 0 aliphatic heterocycles. The number of esters is 4. The van der Waals surface area contributed by atoms with E-state index in [4.69, 9.17) is 33.2 Å². The number of aliphatic carboxylic acids is 1. The summed E-state index contributed by atoms with van der Waals surface area (Å²) >= 11 is 0. The van der Waals surface area contributed by atoms with Gasteiger partial charge in [0.15, 0.2) is 13.2 Å². The zero-order valence-electron chi connectivity index (χ0n) is 39.4. The summed E-state index contributed by atoms with van der Waals surface area (Å²) in [5, 5.41) is 17.1. The molecule has 0 aromatic heterocycles. The van der Waals surface area contributed by atoms with Crippen molar-refractivity contribution in [3.63, 3.8) is 0 Å². The topological polar surface area (TPSA) is 276 Å². The molecule has 3 rings (SSSR count). The summed E-state index contributed by atoms with van der Waals surface area (Å²) in [4.78, 5) is 96.1. The first-order valence-corrected chi connectivity index (χ1v) is 20.4. The van der Waals surface area contributed by atoms with Crippen LogP contribution in [0, 0.1) is 0 Å². The van der Waals surface area contributed by atoms with Gasteiger partial charge in [0.1, 0.15) is 51.7 Å². The summed E-state index contributed by atoms with van der Waals surface area (Å²) in [6.07, 6.45) is -1.75. The third kappa shape index (κ3) is 20.4. The average Bonchev–Trinajstić information content (AvgIpc) is 3.27. The molecule has 0 saturated carbocycles. The van der Waals surface area contributed by atoms with Gasteiger partial charge < -0.3 is 63.7 Å². The van der Waals surface area contributed by atoms with Crippen molar-refractivity contribution in [1.29, 1.82) is 0 Å². The van der Waals surface area contributed by atoms with Crippen molar-refractivity contribution in [3.8, 4) is 17.2 Å². The van der Waals surface area contributed by atoms with Crippen LogP contribution >= 0.6 is 0 Å². The fourth-order valence-electron chi connectivity index (χ4n) is 5.43. The Labute approximate surface area is 388 Å². The molecule has 21 heteroatoms. The second kappa shape index (κ2) is 26.4. The van der Waals surface area contributed by atoms with Gasteiger partial charge in [-0.2, -0.15) is 0 Å². The summed E-state index contributed by atoms with van der Waals surface area (Å²) < 4.78 is 44.7. The van der Waals surface area contributed by atoms with Gasteiger partial charge in [0, 0.05) is 19.4 Å². The Hall–Kier alpha value is -7.58. The van der Waals surface area contributed by atoms with Gasteiger partial charge in [-0.1, -0.05) is 24.3 Å². The van der Waals surface area contributed by atoms with E-state index in [9.17, 15) is 43.5 Å². The normalized spacial score (nSPS) is 11.6. The zero-order chi connectivity index (χ0) is 50.5. The van der Waals surface area contributed by atoms with E-state index < -0.39 is 84.4 Å². The van der Waals surface area contributed by atoms with Crippen LogP contribution in [-0.4, -0.2) is 125 Å². The lowest BCUT2D eigenvalue weighted by atomic mass is 10.0. The largest absolute Gasteiger partial charge is 0.497 e. The first kappa shape index (κ1) is 55.6. The van der Waals surface area contributed by atoms with Crippen LogP contribution in [0.4, 0.5) is 9.59 Å². The lowest BCUT2D eigenvalue weighted by Crippen LogP contribution is -2.49. The standard InChI is InChI=1S/C27H34N2O9.C19H25NO9/c1-27(2,3)38-26(33)29-21(24(31)28-15-17-7-10-19(34-4)11-8-17)14-18-9-12-22(37-16-23(30)35-5)20(13-18)25(32)36-6;1-19(2,3)29-18(25)20-13(16(22)23)9-11-6-7-14(28-10-15(21)26-4)12(8-11)17(24)27-5/h7-13,21H,14-16H2,1-6H3,(H,28,31)(H,29,33);6-8,13H,9-10H2,1-5H3,(H,20,25)(H,22,23)/t21-;13-/m00/s1. The van der Waals surface area contributed by atoms with Gasteiger partial charge in [0.05, 0.1) is 35.5 Å². The Morgan fingerprint density at radius 2 is 0.955 bits per heavy atom. The molecule has 0 fully saturated rings. The number of alkyl carbamates (subject to hydrolysis) is 2. The van der Waals surface area contributed by atoms with Gasteiger partial charge in [0.25, 0.3) is 0 Å². The quantitative estimate of drug-likeness (QED) is 0.0961. The number of carboxylic acid groups (broad SMARTS) is 1. The first-order chi connectivity index (χ1) is 31.4. The van der Waals surface area contributed by atoms with Crippen LogP contribution in [0.3, 0.4) is 0 Å². The average molecular weight is 942 g/mol. The molecule has 2 atom stereocenters. The van der Waals surface area contributed by atoms with Crippen LogP contribution in [0.25, 0.3) is 0 Å². The molecule has 3 aromatic rings. The van der Waals surface area contributed by atoms with Crippen molar-refractivity contribution in [2.24, 2.45) is 0 Å². The number of carboxylic acids is 1. The molecule has 0 radical (unpaired) electrons. The Morgan fingerprint density at radius 3 is 1.33 bits per heavy atom. The van der Waals surface area contributed by atoms with Gasteiger partial charge in [-0.3, -0.25) is 4.79 Å². The van der Waals surface area contributed by atoms with E-state index in [0.717, 1.165) is 5.56 Å². The maximum absolute atomic E-state index is 13.1. The molecule has 21 nitrogen and oxygen atoms in total. The minimum atomic E-state index is -1.29. The van der Waals surface area contributed by atoms with Gasteiger partial charge in [-0.15, -0.1) is 0 Å². The molecule has 0 aliphatic rings. The molecule has 0 aliphatic carbocycles. The van der Waals surface area contributed by atoms with Crippen LogP contribution in [-0.2, 0) is 67.0 Å². The van der Waals surface area contributed by atoms with E-state index in [1.165, 1.54) is 58.8 Å². The number of hydrogen-bond donors (Lipinski definition) is 4. The molecular formula is C46H59N3O18. The Bertz CT molecular complexity index is 2190. The first-order valence-electron chi connectivity index (χ1n) is 20.4. The van der Waals surface area contributed by atoms with Crippen molar-refractivity contribution in [2.45, 2.75) is 84.2 Å². The number of hydrogen-bond acceptors (Lipinski definition) is 17. The van der Waals surface area contributed by atoms with Gasteiger partial charge >= 0.3 is 42.0 Å². The molecule has 4 N–H and O–H groups in total. The van der Waals surface area contributed by atoms with E-state index in [1.54, 1.807) is 66.9 Å². The lowest BCUT2D eigenvalue weighted by molar-refractivity contribution is -0.143. The fourth-order valence-corrected chi connectivity index (χ4v) is 5.43.